The zero-order valence-electron chi connectivity index (χ0n) is 10.1. The Balaban J connectivity index is 2.62. The fourth-order valence-corrected chi connectivity index (χ4v) is 1.60. The van der Waals surface area contributed by atoms with Crippen LogP contribution in [0.3, 0.4) is 0 Å². The highest BCUT2D eigenvalue weighted by atomic mass is 17.2. The molecule has 0 saturated carbocycles. The second-order valence-corrected chi connectivity index (χ2v) is 4.10. The molecule has 0 aromatic heterocycles. The molecule has 1 rings (SSSR count). The number of carbonyl (C=O) groups is 3. The molecule has 0 spiro atoms. The van der Waals surface area contributed by atoms with E-state index < -0.39 is 29.6 Å². The van der Waals surface area contributed by atoms with Gasteiger partial charge in [-0.25, -0.2) is 9.78 Å². The van der Waals surface area contributed by atoms with Crippen molar-refractivity contribution in [1.29, 1.82) is 0 Å². The molecule has 0 aliphatic carbocycles. The zero-order chi connectivity index (χ0) is 13.0. The molecule has 1 fully saturated rings. The molecule has 2 unspecified atom stereocenters. The summed E-state index contributed by atoms with van der Waals surface area (Å²) >= 11 is 0. The molecular weight excluding hydrogens is 228 g/mol. The van der Waals surface area contributed by atoms with Crippen LogP contribution < -0.4 is 0 Å². The van der Waals surface area contributed by atoms with Crippen molar-refractivity contribution in [3.8, 4) is 0 Å². The molecule has 0 N–H and O–H groups in total. The van der Waals surface area contributed by atoms with Gasteiger partial charge in [0, 0.05) is 12.3 Å². The van der Waals surface area contributed by atoms with Crippen molar-refractivity contribution in [2.75, 3.05) is 13.7 Å². The summed E-state index contributed by atoms with van der Waals surface area (Å²) in [7, 11) is 1.34. The molecule has 6 nitrogen and oxygen atoms in total. The Kier molecular flexibility index (Phi) is 4.77. The van der Waals surface area contributed by atoms with Gasteiger partial charge in [-0.05, 0) is 0 Å². The quantitative estimate of drug-likeness (QED) is 0.220. The smallest absolute Gasteiger partial charge is 0.325 e. The van der Waals surface area contributed by atoms with E-state index >= 15 is 0 Å². The van der Waals surface area contributed by atoms with Crippen molar-refractivity contribution >= 4 is 17.5 Å². The molecule has 1 heterocycles. The number of hydrogen-bond donors (Lipinski definition) is 0. The summed E-state index contributed by atoms with van der Waals surface area (Å²) in [5.41, 5.74) is 0. The second-order valence-electron chi connectivity index (χ2n) is 4.10. The van der Waals surface area contributed by atoms with Crippen LogP contribution in [0.5, 0.6) is 0 Å². The number of carbonyl (C=O) groups excluding carboxylic acids is 3. The van der Waals surface area contributed by atoms with Crippen LogP contribution in [-0.4, -0.2) is 37.4 Å². The first-order chi connectivity index (χ1) is 7.99. The summed E-state index contributed by atoms with van der Waals surface area (Å²) < 4.78 is 4.86. The molecule has 1 aliphatic rings. The summed E-state index contributed by atoms with van der Waals surface area (Å²) in [5, 5.41) is 0. The van der Waals surface area contributed by atoms with Crippen LogP contribution in [-0.2, 0) is 28.9 Å². The fraction of sp³-hybridized carbons (Fsp3) is 0.727. The largest absolute Gasteiger partial charge is 0.453 e. The number of ketones is 2. The van der Waals surface area contributed by atoms with Gasteiger partial charge in [0.1, 0.15) is 0 Å². The molecule has 0 aromatic carbocycles. The van der Waals surface area contributed by atoms with Crippen molar-refractivity contribution in [3.05, 3.63) is 0 Å². The van der Waals surface area contributed by atoms with Gasteiger partial charge in [-0.15, -0.1) is 0 Å². The lowest BCUT2D eigenvalue weighted by atomic mass is 9.91. The van der Waals surface area contributed by atoms with E-state index in [1.54, 1.807) is 13.8 Å². The summed E-state index contributed by atoms with van der Waals surface area (Å²) in [4.78, 5) is 43.8. The first-order valence-corrected chi connectivity index (χ1v) is 5.42. The highest BCUT2D eigenvalue weighted by molar-refractivity contribution is 6.22. The van der Waals surface area contributed by atoms with Gasteiger partial charge >= 0.3 is 5.97 Å². The van der Waals surface area contributed by atoms with Crippen LogP contribution in [0.15, 0.2) is 0 Å². The minimum Gasteiger partial charge on any atom is -0.453 e. The molecule has 96 valence electrons. The van der Waals surface area contributed by atoms with Crippen LogP contribution in [0.2, 0.25) is 0 Å². The van der Waals surface area contributed by atoms with Crippen LogP contribution in [0.4, 0.5) is 0 Å². The molecule has 6 heteroatoms. The van der Waals surface area contributed by atoms with E-state index in [1.807, 2.05) is 0 Å². The van der Waals surface area contributed by atoms with Crippen LogP contribution in [0.25, 0.3) is 0 Å². The fourth-order valence-electron chi connectivity index (χ4n) is 1.60. The minimum atomic E-state index is -1.26. The van der Waals surface area contributed by atoms with Crippen molar-refractivity contribution in [1.82, 2.24) is 0 Å². The maximum atomic E-state index is 11.8. The SMILES string of the molecule is COOCCC1OC(=O)C(C(=O)C(C)C)C1=O. The highest BCUT2D eigenvalue weighted by Gasteiger charge is 2.47. The van der Waals surface area contributed by atoms with Gasteiger partial charge in [0.05, 0.1) is 13.7 Å². The van der Waals surface area contributed by atoms with E-state index in [0.29, 0.717) is 0 Å². The summed E-state index contributed by atoms with van der Waals surface area (Å²) in [6.07, 6.45) is -0.703. The Morgan fingerprint density at radius 1 is 1.41 bits per heavy atom. The monoisotopic (exact) mass is 244 g/mol. The maximum absolute atomic E-state index is 11.8. The number of cyclic esters (lactones) is 1. The maximum Gasteiger partial charge on any atom is 0.325 e. The number of ether oxygens (including phenoxy) is 1. The number of hydrogen-bond acceptors (Lipinski definition) is 6. The normalized spacial score (nSPS) is 24.2. The molecule has 0 radical (unpaired) electrons. The third-order valence-corrected chi connectivity index (χ3v) is 2.53. The molecule has 1 saturated heterocycles. The van der Waals surface area contributed by atoms with Gasteiger partial charge in [-0.2, -0.15) is 0 Å². The van der Waals surface area contributed by atoms with Gasteiger partial charge in [0.25, 0.3) is 0 Å². The predicted molar refractivity (Wildman–Crippen MR) is 55.8 cm³/mol. The lowest BCUT2D eigenvalue weighted by Gasteiger charge is -2.07. The molecular formula is C11H16O6. The lowest BCUT2D eigenvalue weighted by molar-refractivity contribution is -0.274. The molecule has 17 heavy (non-hydrogen) atoms. The average Bonchev–Trinajstić information content (AvgIpc) is 2.54. The van der Waals surface area contributed by atoms with E-state index in [4.69, 9.17) is 4.74 Å². The van der Waals surface area contributed by atoms with E-state index in [2.05, 4.69) is 9.78 Å². The first-order valence-electron chi connectivity index (χ1n) is 5.42. The predicted octanol–water partition coefficient (Wildman–Crippen LogP) is 0.290. The third kappa shape index (κ3) is 3.10. The van der Waals surface area contributed by atoms with Crippen molar-refractivity contribution < 1.29 is 28.9 Å². The van der Waals surface area contributed by atoms with Gasteiger partial charge in [0.2, 0.25) is 0 Å². The number of esters is 1. The van der Waals surface area contributed by atoms with Crippen LogP contribution in [0, 0.1) is 11.8 Å². The van der Waals surface area contributed by atoms with Crippen molar-refractivity contribution in [2.24, 2.45) is 11.8 Å². The van der Waals surface area contributed by atoms with Crippen molar-refractivity contribution in [3.63, 3.8) is 0 Å². The molecule has 0 aromatic rings. The van der Waals surface area contributed by atoms with E-state index in [1.165, 1.54) is 7.11 Å². The standard InChI is InChI=1S/C11H16O6/c1-6(2)9(12)8-10(13)7(17-11(8)14)4-5-16-15-3/h6-8H,4-5H2,1-3H3. The minimum absolute atomic E-state index is 0.128. The van der Waals surface area contributed by atoms with Crippen molar-refractivity contribution in [2.45, 2.75) is 26.4 Å². The Morgan fingerprint density at radius 3 is 2.59 bits per heavy atom. The van der Waals surface area contributed by atoms with Gasteiger partial charge in [-0.1, -0.05) is 13.8 Å². The second kappa shape index (κ2) is 5.88. The number of Topliss-reactive ketones (excluding diaryl/α,β-unsaturated/α-hetero) is 2. The summed E-state index contributed by atoms with van der Waals surface area (Å²) in [5.74, 6) is -3.26. The first kappa shape index (κ1) is 13.8. The zero-order valence-corrected chi connectivity index (χ0v) is 10.1. The Morgan fingerprint density at radius 2 is 2.06 bits per heavy atom. The summed E-state index contributed by atoms with van der Waals surface area (Å²) in [6.45, 7) is 3.41. The Labute approximate surface area is 99.1 Å². The number of rotatable bonds is 6. The molecule has 0 amide bonds. The third-order valence-electron chi connectivity index (χ3n) is 2.53. The van der Waals surface area contributed by atoms with E-state index in [9.17, 15) is 14.4 Å². The van der Waals surface area contributed by atoms with Crippen LogP contribution in [0.1, 0.15) is 20.3 Å². The topological polar surface area (TPSA) is 78.9 Å². The van der Waals surface area contributed by atoms with Gasteiger partial charge in [0.15, 0.2) is 23.6 Å². The van der Waals surface area contributed by atoms with E-state index in [0.717, 1.165) is 0 Å². The Hall–Kier alpha value is -1.27. The average molecular weight is 244 g/mol. The van der Waals surface area contributed by atoms with Crippen LogP contribution >= 0.6 is 0 Å². The molecule has 0 bridgehead atoms. The summed E-state index contributed by atoms with van der Waals surface area (Å²) in [6, 6.07) is 0. The molecule has 2 atom stereocenters. The Bertz CT molecular complexity index is 322. The lowest BCUT2D eigenvalue weighted by Crippen LogP contribution is -2.31. The van der Waals surface area contributed by atoms with Gasteiger partial charge < -0.3 is 4.74 Å². The van der Waals surface area contributed by atoms with E-state index in [-0.39, 0.29) is 18.9 Å². The highest BCUT2D eigenvalue weighted by Crippen LogP contribution is 2.23. The van der Waals surface area contributed by atoms with Gasteiger partial charge in [-0.3, -0.25) is 14.4 Å². The molecule has 1 aliphatic heterocycles.